The molecule has 1 heteroatoms. The van der Waals surface area contributed by atoms with Crippen LogP contribution in [0.15, 0.2) is 30.3 Å². The summed E-state index contributed by atoms with van der Waals surface area (Å²) >= 11 is 0. The lowest BCUT2D eigenvalue weighted by atomic mass is 10.1. The highest BCUT2D eigenvalue weighted by Gasteiger charge is 2.05. The van der Waals surface area contributed by atoms with Crippen LogP contribution in [0.5, 0.6) is 0 Å². The monoisotopic (exact) mass is 148 g/mol. The van der Waals surface area contributed by atoms with Crippen LogP contribution >= 0.6 is 0 Å². The van der Waals surface area contributed by atoms with E-state index >= 15 is 0 Å². The molecule has 1 rings (SSSR count). The predicted octanol–water partition coefficient (Wildman–Crippen LogP) is 2.72. The first kappa shape index (κ1) is 7.81. The van der Waals surface area contributed by atoms with E-state index in [0.717, 1.165) is 0 Å². The third-order valence-electron chi connectivity index (χ3n) is 1.46. The van der Waals surface area contributed by atoms with E-state index in [1.807, 2.05) is 6.07 Å². The fourth-order valence-corrected chi connectivity index (χ4v) is 0.883. The van der Waals surface area contributed by atoms with Gasteiger partial charge in [0.1, 0.15) is 6.17 Å². The van der Waals surface area contributed by atoms with Gasteiger partial charge in [0, 0.05) is 6.42 Å². The zero-order valence-electron chi connectivity index (χ0n) is 6.13. The van der Waals surface area contributed by atoms with Crippen LogP contribution in [-0.2, 0) is 0 Å². The second-order valence-corrected chi connectivity index (χ2v) is 2.29. The molecule has 0 spiro atoms. The maximum Gasteiger partial charge on any atom is 0.136 e. The summed E-state index contributed by atoms with van der Waals surface area (Å²) in [5.74, 6) is 2.29. The largest absolute Gasteiger partial charge is 0.241 e. The Morgan fingerprint density at radius 1 is 1.36 bits per heavy atom. The minimum atomic E-state index is -1.01. The summed E-state index contributed by atoms with van der Waals surface area (Å²) in [4.78, 5) is 0. The molecular weight excluding hydrogens is 139 g/mol. The second-order valence-electron chi connectivity index (χ2n) is 2.29. The highest BCUT2D eigenvalue weighted by Crippen LogP contribution is 2.19. The Hall–Kier alpha value is -1.29. The Kier molecular flexibility index (Phi) is 2.68. The van der Waals surface area contributed by atoms with Crippen LogP contribution in [0, 0.1) is 12.3 Å². The Morgan fingerprint density at radius 3 is 2.55 bits per heavy atom. The fraction of sp³-hybridized carbons (Fsp3) is 0.200. The molecule has 0 N–H and O–H groups in total. The first-order valence-corrected chi connectivity index (χ1v) is 3.47. The molecule has 0 saturated heterocycles. The first-order chi connectivity index (χ1) is 5.34. The van der Waals surface area contributed by atoms with Crippen molar-refractivity contribution in [3.63, 3.8) is 0 Å². The molecule has 0 fully saturated rings. The molecule has 1 unspecified atom stereocenters. The average molecular weight is 148 g/mol. The van der Waals surface area contributed by atoms with Gasteiger partial charge in [-0.1, -0.05) is 30.3 Å². The summed E-state index contributed by atoms with van der Waals surface area (Å²) in [5.41, 5.74) is 0.658. The number of hydrogen-bond acceptors (Lipinski definition) is 0. The van der Waals surface area contributed by atoms with Crippen molar-refractivity contribution in [3.8, 4) is 12.3 Å². The molecule has 0 bridgehead atoms. The Balaban J connectivity index is 2.70. The van der Waals surface area contributed by atoms with Gasteiger partial charge in [0.2, 0.25) is 0 Å². The SMILES string of the molecule is C#CCC(F)c1ccccc1. The van der Waals surface area contributed by atoms with E-state index in [1.165, 1.54) is 0 Å². The minimum absolute atomic E-state index is 0.157. The van der Waals surface area contributed by atoms with Crippen molar-refractivity contribution in [2.75, 3.05) is 0 Å². The van der Waals surface area contributed by atoms with Gasteiger partial charge in [-0.15, -0.1) is 12.3 Å². The van der Waals surface area contributed by atoms with Crippen molar-refractivity contribution in [1.29, 1.82) is 0 Å². The van der Waals surface area contributed by atoms with Crippen LogP contribution in [0.3, 0.4) is 0 Å². The number of benzene rings is 1. The van der Waals surface area contributed by atoms with E-state index in [0.29, 0.717) is 5.56 Å². The third kappa shape index (κ3) is 2.09. The molecule has 11 heavy (non-hydrogen) atoms. The summed E-state index contributed by atoms with van der Waals surface area (Å²) in [6, 6.07) is 8.94. The van der Waals surface area contributed by atoms with Crippen LogP contribution < -0.4 is 0 Å². The number of halogens is 1. The maximum atomic E-state index is 13.0. The average Bonchev–Trinajstić information content (AvgIpc) is 2.07. The zero-order valence-corrected chi connectivity index (χ0v) is 6.13. The predicted molar refractivity (Wildman–Crippen MR) is 43.7 cm³/mol. The van der Waals surface area contributed by atoms with Gasteiger partial charge in [-0.05, 0) is 5.56 Å². The van der Waals surface area contributed by atoms with Crippen LogP contribution in [0.1, 0.15) is 18.2 Å². The summed E-state index contributed by atoms with van der Waals surface area (Å²) in [6.45, 7) is 0. The van der Waals surface area contributed by atoms with Crippen molar-refractivity contribution in [1.82, 2.24) is 0 Å². The molecule has 0 aromatic heterocycles. The fourth-order valence-electron chi connectivity index (χ4n) is 0.883. The van der Waals surface area contributed by atoms with Gasteiger partial charge >= 0.3 is 0 Å². The molecule has 0 aliphatic rings. The smallest absolute Gasteiger partial charge is 0.136 e. The molecule has 1 aromatic carbocycles. The van der Waals surface area contributed by atoms with Crippen molar-refractivity contribution < 1.29 is 4.39 Å². The van der Waals surface area contributed by atoms with Crippen LogP contribution in [-0.4, -0.2) is 0 Å². The van der Waals surface area contributed by atoms with Crippen molar-refractivity contribution in [3.05, 3.63) is 35.9 Å². The topological polar surface area (TPSA) is 0 Å². The van der Waals surface area contributed by atoms with Crippen molar-refractivity contribution in [2.45, 2.75) is 12.6 Å². The highest BCUT2D eigenvalue weighted by atomic mass is 19.1. The number of terminal acetylenes is 1. The van der Waals surface area contributed by atoms with Crippen molar-refractivity contribution in [2.24, 2.45) is 0 Å². The van der Waals surface area contributed by atoms with E-state index in [-0.39, 0.29) is 6.42 Å². The zero-order chi connectivity index (χ0) is 8.10. The van der Waals surface area contributed by atoms with Crippen molar-refractivity contribution >= 4 is 0 Å². The molecule has 1 atom stereocenters. The molecule has 0 aliphatic carbocycles. The summed E-state index contributed by atoms with van der Waals surface area (Å²) < 4.78 is 13.0. The van der Waals surface area contributed by atoms with Gasteiger partial charge in [-0.3, -0.25) is 0 Å². The highest BCUT2D eigenvalue weighted by molar-refractivity contribution is 5.18. The van der Waals surface area contributed by atoms with E-state index < -0.39 is 6.17 Å². The standard InChI is InChI=1S/C10H9F/c1-2-6-10(11)9-7-4-3-5-8-9/h1,3-5,7-8,10H,6H2. The maximum absolute atomic E-state index is 13.0. The lowest BCUT2D eigenvalue weighted by Gasteiger charge is -2.02. The van der Waals surface area contributed by atoms with Gasteiger partial charge < -0.3 is 0 Å². The first-order valence-electron chi connectivity index (χ1n) is 3.47. The van der Waals surface area contributed by atoms with Gasteiger partial charge in [0.25, 0.3) is 0 Å². The molecule has 1 aromatic rings. The summed E-state index contributed by atoms with van der Waals surface area (Å²) in [6.07, 6.45) is 4.12. The van der Waals surface area contributed by atoms with Gasteiger partial charge in [0.15, 0.2) is 0 Å². The third-order valence-corrected chi connectivity index (χ3v) is 1.46. The van der Waals surface area contributed by atoms with E-state index in [2.05, 4.69) is 5.92 Å². The number of alkyl halides is 1. The van der Waals surface area contributed by atoms with Gasteiger partial charge in [-0.25, -0.2) is 4.39 Å². The Morgan fingerprint density at radius 2 is 2.00 bits per heavy atom. The van der Waals surface area contributed by atoms with E-state index in [1.54, 1.807) is 24.3 Å². The van der Waals surface area contributed by atoms with Crippen LogP contribution in [0.4, 0.5) is 4.39 Å². The quantitative estimate of drug-likeness (QED) is 0.566. The molecule has 0 aliphatic heterocycles. The van der Waals surface area contributed by atoms with Gasteiger partial charge in [-0.2, -0.15) is 0 Å². The Bertz CT molecular complexity index is 245. The van der Waals surface area contributed by atoms with E-state index in [9.17, 15) is 4.39 Å². The lowest BCUT2D eigenvalue weighted by Crippen LogP contribution is -1.88. The van der Waals surface area contributed by atoms with Gasteiger partial charge in [0.05, 0.1) is 0 Å². The summed E-state index contributed by atoms with van der Waals surface area (Å²) in [5, 5.41) is 0. The normalized spacial score (nSPS) is 12.0. The number of rotatable bonds is 2. The Labute approximate surface area is 66.1 Å². The van der Waals surface area contributed by atoms with Crippen LogP contribution in [0.25, 0.3) is 0 Å². The molecular formula is C10H9F. The number of hydrogen-bond donors (Lipinski definition) is 0. The molecule has 0 nitrogen and oxygen atoms in total. The van der Waals surface area contributed by atoms with E-state index in [4.69, 9.17) is 6.42 Å². The van der Waals surface area contributed by atoms with Crippen LogP contribution in [0.2, 0.25) is 0 Å². The molecule has 0 heterocycles. The molecule has 0 radical (unpaired) electrons. The summed E-state index contributed by atoms with van der Waals surface area (Å²) in [7, 11) is 0. The molecule has 0 amide bonds. The minimum Gasteiger partial charge on any atom is -0.241 e. The second kappa shape index (κ2) is 3.78. The molecule has 0 saturated carbocycles. The lowest BCUT2D eigenvalue weighted by molar-refractivity contribution is 0.351. The molecule has 56 valence electrons.